The number of carbonyl (C=O) groups is 1. The van der Waals surface area contributed by atoms with E-state index in [0.717, 1.165) is 32.7 Å². The molecule has 1 heterocycles. The second-order valence-corrected chi connectivity index (χ2v) is 4.05. The molecule has 1 aliphatic rings. The molecule has 1 amide bonds. The van der Waals surface area contributed by atoms with Gasteiger partial charge in [0, 0.05) is 45.2 Å². The molecule has 4 heteroatoms. The zero-order valence-electron chi connectivity index (χ0n) is 9.18. The normalized spacial score (nSPS) is 19.5. The number of carbonyl (C=O) groups excluding carboxylic acids is 1. The highest BCUT2D eigenvalue weighted by atomic mass is 16.1. The minimum absolute atomic E-state index is 0.185. The lowest BCUT2D eigenvalue weighted by Gasteiger charge is -2.19. The van der Waals surface area contributed by atoms with E-state index in [1.165, 1.54) is 0 Å². The van der Waals surface area contributed by atoms with E-state index in [1.807, 2.05) is 0 Å². The third-order valence-corrected chi connectivity index (χ3v) is 2.39. The van der Waals surface area contributed by atoms with Gasteiger partial charge in [-0.05, 0) is 0 Å². The van der Waals surface area contributed by atoms with Crippen LogP contribution >= 0.6 is 0 Å². The Hall–Kier alpha value is -0.610. The Morgan fingerprint density at radius 3 is 3.00 bits per heavy atom. The van der Waals surface area contributed by atoms with E-state index in [-0.39, 0.29) is 5.91 Å². The van der Waals surface area contributed by atoms with Gasteiger partial charge < -0.3 is 10.6 Å². The Kier molecular flexibility index (Phi) is 4.90. The molecule has 1 fully saturated rings. The first-order valence-electron chi connectivity index (χ1n) is 5.41. The molecule has 0 aromatic heterocycles. The quantitative estimate of drug-likeness (QED) is 0.659. The van der Waals surface area contributed by atoms with Crippen LogP contribution in [0.3, 0.4) is 0 Å². The van der Waals surface area contributed by atoms with E-state index < -0.39 is 0 Å². The summed E-state index contributed by atoms with van der Waals surface area (Å²) in [5.41, 5.74) is 0. The third kappa shape index (κ3) is 4.58. The van der Waals surface area contributed by atoms with E-state index in [0.29, 0.717) is 12.5 Å². The van der Waals surface area contributed by atoms with Crippen molar-refractivity contribution < 1.29 is 4.79 Å². The number of hydrogen-bond donors (Lipinski definition) is 2. The summed E-state index contributed by atoms with van der Waals surface area (Å²) >= 11 is 0. The van der Waals surface area contributed by atoms with Crippen LogP contribution < -0.4 is 10.6 Å². The van der Waals surface area contributed by atoms with Crippen molar-refractivity contribution in [3.05, 3.63) is 0 Å². The smallest absolute Gasteiger partial charge is 0.221 e. The topological polar surface area (TPSA) is 44.4 Å². The van der Waals surface area contributed by atoms with Crippen molar-refractivity contribution in [2.24, 2.45) is 0 Å². The zero-order valence-corrected chi connectivity index (χ0v) is 9.18. The first-order valence-corrected chi connectivity index (χ1v) is 5.41. The Balaban J connectivity index is 2.14. The fourth-order valence-electron chi connectivity index (χ4n) is 1.55. The van der Waals surface area contributed by atoms with Crippen LogP contribution in [-0.2, 0) is 4.79 Å². The molecule has 0 aromatic carbocycles. The lowest BCUT2D eigenvalue weighted by Crippen LogP contribution is -2.36. The van der Waals surface area contributed by atoms with E-state index in [2.05, 4.69) is 29.4 Å². The predicted molar refractivity (Wildman–Crippen MR) is 57.2 cm³/mol. The molecule has 14 heavy (non-hydrogen) atoms. The molecule has 4 nitrogen and oxygen atoms in total. The van der Waals surface area contributed by atoms with Crippen molar-refractivity contribution in [3.63, 3.8) is 0 Å². The van der Waals surface area contributed by atoms with Gasteiger partial charge >= 0.3 is 0 Å². The monoisotopic (exact) mass is 199 g/mol. The zero-order chi connectivity index (χ0) is 10.4. The molecule has 0 spiro atoms. The van der Waals surface area contributed by atoms with Gasteiger partial charge in [0.15, 0.2) is 0 Å². The van der Waals surface area contributed by atoms with Gasteiger partial charge in [-0.2, -0.15) is 0 Å². The number of hydrogen-bond acceptors (Lipinski definition) is 3. The summed E-state index contributed by atoms with van der Waals surface area (Å²) in [4.78, 5) is 13.4. The summed E-state index contributed by atoms with van der Waals surface area (Å²) in [7, 11) is 0. The molecule has 0 aliphatic carbocycles. The molecule has 0 bridgehead atoms. The third-order valence-electron chi connectivity index (χ3n) is 2.39. The van der Waals surface area contributed by atoms with Crippen molar-refractivity contribution in [2.45, 2.75) is 26.3 Å². The Morgan fingerprint density at radius 2 is 2.29 bits per heavy atom. The van der Waals surface area contributed by atoms with Crippen molar-refractivity contribution in [2.75, 3.05) is 32.7 Å². The lowest BCUT2D eigenvalue weighted by atomic mass is 10.3. The molecule has 0 saturated carbocycles. The fourth-order valence-corrected chi connectivity index (χ4v) is 1.55. The summed E-state index contributed by atoms with van der Waals surface area (Å²) in [5.74, 6) is 0.185. The van der Waals surface area contributed by atoms with Gasteiger partial charge in [0.2, 0.25) is 5.91 Å². The van der Waals surface area contributed by atoms with Gasteiger partial charge in [0.05, 0.1) is 0 Å². The highest BCUT2D eigenvalue weighted by Gasteiger charge is 2.12. The molecule has 2 N–H and O–H groups in total. The number of rotatable bonds is 4. The van der Waals surface area contributed by atoms with Crippen molar-refractivity contribution in [1.29, 1.82) is 0 Å². The summed E-state index contributed by atoms with van der Waals surface area (Å²) in [6.07, 6.45) is 0.641. The first kappa shape index (κ1) is 11.5. The van der Waals surface area contributed by atoms with Gasteiger partial charge in [-0.15, -0.1) is 0 Å². The van der Waals surface area contributed by atoms with Crippen LogP contribution in [0.4, 0.5) is 0 Å². The maximum Gasteiger partial charge on any atom is 0.221 e. The Labute approximate surface area is 86.0 Å². The minimum Gasteiger partial charge on any atom is -0.355 e. The molecule has 0 unspecified atom stereocenters. The van der Waals surface area contributed by atoms with Crippen LogP contribution in [0.25, 0.3) is 0 Å². The van der Waals surface area contributed by atoms with E-state index in [9.17, 15) is 4.79 Å². The Morgan fingerprint density at radius 1 is 1.50 bits per heavy atom. The van der Waals surface area contributed by atoms with Crippen LogP contribution in [0.1, 0.15) is 20.3 Å². The molecule has 1 saturated heterocycles. The molecule has 0 atom stereocenters. The highest BCUT2D eigenvalue weighted by Crippen LogP contribution is 1.95. The molecule has 0 aromatic rings. The van der Waals surface area contributed by atoms with E-state index in [4.69, 9.17) is 0 Å². The molecule has 1 rings (SSSR count). The highest BCUT2D eigenvalue weighted by molar-refractivity contribution is 5.76. The predicted octanol–water partition coefficient (Wildman–Crippen LogP) is -0.194. The Bertz CT molecular complexity index is 182. The largest absolute Gasteiger partial charge is 0.355 e. The van der Waals surface area contributed by atoms with Crippen molar-refractivity contribution >= 4 is 5.91 Å². The van der Waals surface area contributed by atoms with Crippen LogP contribution in [0, 0.1) is 0 Å². The summed E-state index contributed by atoms with van der Waals surface area (Å²) in [6, 6.07) is 0.543. The summed E-state index contributed by atoms with van der Waals surface area (Å²) in [5, 5.41) is 6.25. The standard InChI is InChI=1S/C10H21N3O/c1-9(2)11-4-7-13-6-3-10(14)12-5-8-13/h9,11H,3-8H2,1-2H3,(H,12,14). The average molecular weight is 199 g/mol. The second-order valence-electron chi connectivity index (χ2n) is 4.05. The summed E-state index contributed by atoms with van der Waals surface area (Å²) < 4.78 is 0. The number of nitrogens with zero attached hydrogens (tertiary/aromatic N) is 1. The fraction of sp³-hybridized carbons (Fsp3) is 0.900. The molecule has 1 aliphatic heterocycles. The van der Waals surface area contributed by atoms with Gasteiger partial charge in [0.25, 0.3) is 0 Å². The van der Waals surface area contributed by atoms with Crippen LogP contribution in [0.2, 0.25) is 0 Å². The van der Waals surface area contributed by atoms with Gasteiger partial charge in [-0.1, -0.05) is 13.8 Å². The SMILES string of the molecule is CC(C)NCCN1CCNC(=O)CC1. The maximum atomic E-state index is 11.1. The van der Waals surface area contributed by atoms with Gasteiger partial charge in [-0.25, -0.2) is 0 Å². The number of amides is 1. The van der Waals surface area contributed by atoms with E-state index in [1.54, 1.807) is 0 Å². The van der Waals surface area contributed by atoms with Crippen LogP contribution in [-0.4, -0.2) is 49.6 Å². The first-order chi connectivity index (χ1) is 6.68. The van der Waals surface area contributed by atoms with Crippen molar-refractivity contribution in [3.8, 4) is 0 Å². The second kappa shape index (κ2) is 5.98. The van der Waals surface area contributed by atoms with Gasteiger partial charge in [-0.3, -0.25) is 9.69 Å². The molecular weight excluding hydrogens is 178 g/mol. The molecule has 82 valence electrons. The van der Waals surface area contributed by atoms with E-state index >= 15 is 0 Å². The average Bonchev–Trinajstić information content (AvgIpc) is 2.30. The van der Waals surface area contributed by atoms with Gasteiger partial charge in [0.1, 0.15) is 0 Å². The number of nitrogens with one attached hydrogen (secondary N) is 2. The van der Waals surface area contributed by atoms with Crippen molar-refractivity contribution in [1.82, 2.24) is 15.5 Å². The molecular formula is C10H21N3O. The minimum atomic E-state index is 0.185. The van der Waals surface area contributed by atoms with Crippen LogP contribution in [0.15, 0.2) is 0 Å². The maximum absolute atomic E-state index is 11.1. The van der Waals surface area contributed by atoms with Crippen LogP contribution in [0.5, 0.6) is 0 Å². The lowest BCUT2D eigenvalue weighted by molar-refractivity contribution is -0.120. The summed E-state index contributed by atoms with van der Waals surface area (Å²) in [6.45, 7) is 9.00. The molecule has 0 radical (unpaired) electrons.